The minimum absolute atomic E-state index is 0.821. The Hall–Kier alpha value is -0.800. The van der Waals surface area contributed by atoms with Gasteiger partial charge in [-0.1, -0.05) is 35.9 Å². The van der Waals surface area contributed by atoms with E-state index in [1.54, 1.807) is 0 Å². The van der Waals surface area contributed by atoms with Crippen molar-refractivity contribution < 1.29 is 0 Å². The topological polar surface area (TPSA) is 12.0 Å². The molecule has 88 valence electrons. The monoisotopic (exact) mass is 353 g/mol. The van der Waals surface area contributed by atoms with Gasteiger partial charge in [0.2, 0.25) is 0 Å². The highest BCUT2D eigenvalue weighted by molar-refractivity contribution is 9.11. The molecule has 0 unspecified atom stereocenters. The van der Waals surface area contributed by atoms with Gasteiger partial charge in [0.15, 0.2) is 0 Å². The summed E-state index contributed by atoms with van der Waals surface area (Å²) in [6.07, 6.45) is 0. The van der Waals surface area contributed by atoms with Gasteiger partial charge in [-0.2, -0.15) is 0 Å². The molecule has 17 heavy (non-hydrogen) atoms. The quantitative estimate of drug-likeness (QED) is 0.805. The van der Waals surface area contributed by atoms with Crippen molar-refractivity contribution in [2.24, 2.45) is 0 Å². The fraction of sp³-hybridized carbons (Fsp3) is 0.143. The normalized spacial score (nSPS) is 10.3. The first-order valence-electron chi connectivity index (χ1n) is 5.40. The number of benzene rings is 2. The van der Waals surface area contributed by atoms with Crippen LogP contribution in [0.3, 0.4) is 0 Å². The van der Waals surface area contributed by atoms with Crippen LogP contribution in [0.25, 0.3) is 0 Å². The molecule has 0 aliphatic heterocycles. The third-order valence-corrected chi connectivity index (χ3v) is 3.87. The van der Waals surface area contributed by atoms with Crippen molar-refractivity contribution >= 4 is 37.5 Å². The molecule has 0 saturated carbocycles. The van der Waals surface area contributed by atoms with Crippen LogP contribution in [0.2, 0.25) is 0 Å². The minimum Gasteiger partial charge on any atom is -0.379 e. The number of hydrogen-bond acceptors (Lipinski definition) is 1. The predicted molar refractivity (Wildman–Crippen MR) is 80.3 cm³/mol. The number of hydrogen-bond donors (Lipinski definition) is 1. The molecule has 2 aromatic rings. The number of rotatable bonds is 3. The number of para-hydroxylation sites is 1. The Bertz CT molecular complexity index is 486. The summed E-state index contributed by atoms with van der Waals surface area (Å²) >= 11 is 7.08. The maximum absolute atomic E-state index is 3.54. The van der Waals surface area contributed by atoms with E-state index in [1.807, 2.05) is 18.2 Å². The first-order chi connectivity index (χ1) is 8.16. The van der Waals surface area contributed by atoms with Crippen LogP contribution in [0.1, 0.15) is 11.1 Å². The first kappa shape index (κ1) is 12.7. The molecule has 1 N–H and O–H groups in total. The summed E-state index contributed by atoms with van der Waals surface area (Å²) in [4.78, 5) is 0. The molecule has 0 atom stereocenters. The maximum Gasteiger partial charge on any atom is 0.0631 e. The fourth-order valence-corrected chi connectivity index (χ4v) is 2.84. The molecule has 0 heterocycles. The van der Waals surface area contributed by atoms with E-state index >= 15 is 0 Å². The zero-order chi connectivity index (χ0) is 12.3. The molecule has 0 saturated heterocycles. The molecule has 0 radical (unpaired) electrons. The van der Waals surface area contributed by atoms with Gasteiger partial charge in [-0.25, -0.2) is 0 Å². The van der Waals surface area contributed by atoms with Crippen molar-refractivity contribution in [1.82, 2.24) is 0 Å². The van der Waals surface area contributed by atoms with Crippen molar-refractivity contribution in [3.63, 3.8) is 0 Å². The first-order valence-corrected chi connectivity index (χ1v) is 6.99. The van der Waals surface area contributed by atoms with Gasteiger partial charge in [0.05, 0.1) is 5.69 Å². The zero-order valence-corrected chi connectivity index (χ0v) is 12.7. The van der Waals surface area contributed by atoms with E-state index < -0.39 is 0 Å². The summed E-state index contributed by atoms with van der Waals surface area (Å²) in [5.74, 6) is 0. The van der Waals surface area contributed by atoms with Crippen molar-refractivity contribution in [3.8, 4) is 0 Å². The average Bonchev–Trinajstić information content (AvgIpc) is 2.31. The van der Waals surface area contributed by atoms with Crippen LogP contribution in [-0.4, -0.2) is 0 Å². The van der Waals surface area contributed by atoms with Gasteiger partial charge >= 0.3 is 0 Å². The second-order valence-corrected chi connectivity index (χ2v) is 5.64. The van der Waals surface area contributed by atoms with Gasteiger partial charge in [0, 0.05) is 15.5 Å². The number of nitrogens with one attached hydrogen (secondary N) is 1. The highest BCUT2D eigenvalue weighted by Crippen LogP contribution is 2.30. The lowest BCUT2D eigenvalue weighted by Crippen LogP contribution is -2.00. The zero-order valence-electron chi connectivity index (χ0n) is 9.50. The second-order valence-electron chi connectivity index (χ2n) is 3.94. The Balaban J connectivity index is 2.10. The Labute approximate surface area is 119 Å². The third-order valence-electron chi connectivity index (χ3n) is 2.55. The lowest BCUT2D eigenvalue weighted by molar-refractivity contribution is 1.14. The van der Waals surface area contributed by atoms with Crippen LogP contribution in [0.4, 0.5) is 5.69 Å². The molecule has 1 nitrogen and oxygen atoms in total. The van der Waals surface area contributed by atoms with Gasteiger partial charge in [-0.15, -0.1) is 0 Å². The molecule has 0 amide bonds. The molecule has 0 aliphatic carbocycles. The third kappa shape index (κ3) is 3.33. The van der Waals surface area contributed by atoms with Crippen molar-refractivity contribution in [2.45, 2.75) is 13.5 Å². The largest absolute Gasteiger partial charge is 0.379 e. The lowest BCUT2D eigenvalue weighted by atomic mass is 10.1. The van der Waals surface area contributed by atoms with Gasteiger partial charge in [0.25, 0.3) is 0 Å². The summed E-state index contributed by atoms with van der Waals surface area (Å²) in [6.45, 7) is 2.92. The molecule has 0 aliphatic rings. The standard InChI is InChI=1S/C14H13Br2N/c1-10-5-7-11(8-6-10)9-17-14-12(15)3-2-4-13(14)16/h2-8,17H,9H2,1H3. The van der Waals surface area contributed by atoms with Gasteiger partial charge in [0.1, 0.15) is 0 Å². The number of anilines is 1. The molecule has 2 rings (SSSR count). The van der Waals surface area contributed by atoms with E-state index in [4.69, 9.17) is 0 Å². The summed E-state index contributed by atoms with van der Waals surface area (Å²) in [7, 11) is 0. The molecule has 2 aromatic carbocycles. The van der Waals surface area contributed by atoms with Gasteiger partial charge < -0.3 is 5.32 Å². The van der Waals surface area contributed by atoms with E-state index in [0.29, 0.717) is 0 Å². The SMILES string of the molecule is Cc1ccc(CNc2c(Br)cccc2Br)cc1. The highest BCUT2D eigenvalue weighted by Gasteiger charge is 2.03. The van der Waals surface area contributed by atoms with Crippen LogP contribution < -0.4 is 5.32 Å². The Morgan fingerprint density at radius 1 is 0.941 bits per heavy atom. The van der Waals surface area contributed by atoms with E-state index in [9.17, 15) is 0 Å². The summed E-state index contributed by atoms with van der Waals surface area (Å²) in [5.41, 5.74) is 3.65. The molecule has 0 bridgehead atoms. The molecule has 0 spiro atoms. The van der Waals surface area contributed by atoms with Crippen molar-refractivity contribution in [1.29, 1.82) is 0 Å². The Morgan fingerprint density at radius 2 is 1.53 bits per heavy atom. The van der Waals surface area contributed by atoms with Crippen LogP contribution in [-0.2, 0) is 6.54 Å². The Kier molecular flexibility index (Phi) is 4.24. The summed E-state index contributed by atoms with van der Waals surface area (Å²) < 4.78 is 2.14. The highest BCUT2D eigenvalue weighted by atomic mass is 79.9. The molecule has 0 fully saturated rings. The maximum atomic E-state index is 3.54. The van der Waals surface area contributed by atoms with Gasteiger partial charge in [-0.05, 0) is 56.5 Å². The van der Waals surface area contributed by atoms with E-state index in [1.165, 1.54) is 11.1 Å². The average molecular weight is 355 g/mol. The molecule has 0 aromatic heterocycles. The number of halogens is 2. The summed E-state index contributed by atoms with van der Waals surface area (Å²) in [5, 5.41) is 3.42. The van der Waals surface area contributed by atoms with E-state index in [-0.39, 0.29) is 0 Å². The second kappa shape index (κ2) is 5.69. The minimum atomic E-state index is 0.821. The van der Waals surface area contributed by atoms with Crippen molar-refractivity contribution in [3.05, 3.63) is 62.5 Å². The predicted octanol–water partition coefficient (Wildman–Crippen LogP) is 5.13. The molecular formula is C14H13Br2N. The lowest BCUT2D eigenvalue weighted by Gasteiger charge is -2.10. The van der Waals surface area contributed by atoms with Crippen LogP contribution in [0, 0.1) is 6.92 Å². The molecule has 3 heteroatoms. The van der Waals surface area contributed by atoms with E-state index in [2.05, 4.69) is 68.4 Å². The number of aryl methyl sites for hydroxylation is 1. The smallest absolute Gasteiger partial charge is 0.0631 e. The Morgan fingerprint density at radius 3 is 2.12 bits per heavy atom. The summed E-state index contributed by atoms with van der Waals surface area (Å²) in [6, 6.07) is 14.6. The van der Waals surface area contributed by atoms with Crippen molar-refractivity contribution in [2.75, 3.05) is 5.32 Å². The van der Waals surface area contributed by atoms with Crippen LogP contribution in [0.5, 0.6) is 0 Å². The van der Waals surface area contributed by atoms with Crippen LogP contribution in [0.15, 0.2) is 51.4 Å². The van der Waals surface area contributed by atoms with Crippen LogP contribution >= 0.6 is 31.9 Å². The molecular weight excluding hydrogens is 342 g/mol. The fourth-order valence-electron chi connectivity index (χ4n) is 1.56. The van der Waals surface area contributed by atoms with E-state index in [0.717, 1.165) is 21.2 Å². The van der Waals surface area contributed by atoms with Gasteiger partial charge in [-0.3, -0.25) is 0 Å².